The van der Waals surface area contributed by atoms with Crippen LogP contribution in [0.1, 0.15) is 25.3 Å². The smallest absolute Gasteiger partial charge is 0.243 e. The van der Waals surface area contributed by atoms with E-state index in [2.05, 4.69) is 0 Å². The van der Waals surface area contributed by atoms with Gasteiger partial charge in [0.05, 0.1) is 11.0 Å². The summed E-state index contributed by atoms with van der Waals surface area (Å²) in [5.74, 6) is 0.212. The van der Waals surface area contributed by atoms with E-state index >= 15 is 0 Å². The molecule has 1 aromatic rings. The second-order valence-corrected chi connectivity index (χ2v) is 7.24. The lowest BCUT2D eigenvalue weighted by Gasteiger charge is -2.32. The van der Waals surface area contributed by atoms with E-state index in [4.69, 9.17) is 0 Å². The highest BCUT2D eigenvalue weighted by Gasteiger charge is 2.30. The van der Waals surface area contributed by atoms with E-state index in [0.717, 1.165) is 18.4 Å². The molecule has 106 valence electrons. The number of hydrogen-bond acceptors (Lipinski definition) is 3. The number of piperidine rings is 1. The van der Waals surface area contributed by atoms with Crippen molar-refractivity contribution >= 4 is 10.0 Å². The molecular weight excluding hydrogens is 262 g/mol. The van der Waals surface area contributed by atoms with Crippen molar-refractivity contribution in [2.75, 3.05) is 13.1 Å². The van der Waals surface area contributed by atoms with Crippen molar-refractivity contribution in [3.05, 3.63) is 29.8 Å². The van der Waals surface area contributed by atoms with E-state index in [1.165, 1.54) is 4.31 Å². The zero-order valence-corrected chi connectivity index (χ0v) is 12.2. The van der Waals surface area contributed by atoms with Crippen molar-refractivity contribution in [3.63, 3.8) is 0 Å². The van der Waals surface area contributed by atoms with Crippen LogP contribution < -0.4 is 0 Å². The largest absolute Gasteiger partial charge is 0.393 e. The first kappa shape index (κ1) is 14.5. The van der Waals surface area contributed by atoms with Crippen LogP contribution in [0.2, 0.25) is 0 Å². The summed E-state index contributed by atoms with van der Waals surface area (Å²) in [5, 5.41) is 9.55. The summed E-state index contributed by atoms with van der Waals surface area (Å²) >= 11 is 0. The van der Waals surface area contributed by atoms with Crippen molar-refractivity contribution in [1.82, 2.24) is 4.31 Å². The maximum Gasteiger partial charge on any atom is 0.243 e. The van der Waals surface area contributed by atoms with Gasteiger partial charge < -0.3 is 5.11 Å². The van der Waals surface area contributed by atoms with Gasteiger partial charge in [0.1, 0.15) is 0 Å². The molecule has 0 saturated carbocycles. The van der Waals surface area contributed by atoms with Crippen molar-refractivity contribution in [2.45, 2.75) is 37.7 Å². The van der Waals surface area contributed by atoms with Crippen LogP contribution in [-0.4, -0.2) is 37.0 Å². The molecule has 1 N–H and O–H groups in total. The third kappa shape index (κ3) is 3.16. The summed E-state index contributed by atoms with van der Waals surface area (Å²) in [4.78, 5) is 0.364. The molecule has 1 saturated heterocycles. The Morgan fingerprint density at radius 2 is 1.95 bits per heavy atom. The number of aryl methyl sites for hydroxylation is 1. The molecule has 1 fully saturated rings. The Hall–Kier alpha value is -0.910. The number of aliphatic hydroxyl groups is 1. The second kappa shape index (κ2) is 5.61. The van der Waals surface area contributed by atoms with Gasteiger partial charge in [-0.05, 0) is 50.3 Å². The highest BCUT2D eigenvalue weighted by molar-refractivity contribution is 7.89. The molecule has 0 spiro atoms. The van der Waals surface area contributed by atoms with Crippen LogP contribution in [0.3, 0.4) is 0 Å². The van der Waals surface area contributed by atoms with Crippen LogP contribution >= 0.6 is 0 Å². The summed E-state index contributed by atoms with van der Waals surface area (Å²) in [6.07, 6.45) is 1.09. The van der Waals surface area contributed by atoms with Crippen LogP contribution in [0.5, 0.6) is 0 Å². The van der Waals surface area contributed by atoms with Crippen molar-refractivity contribution in [3.8, 4) is 0 Å². The average molecular weight is 283 g/mol. The standard InChI is InChI=1S/C14H21NO3S/c1-11-4-3-5-14(10-11)19(17,18)15-8-6-13(7-9-15)12(2)16/h3-5,10,12-13,16H,6-9H2,1-2H3. The lowest BCUT2D eigenvalue weighted by atomic mass is 9.93. The number of hydrogen-bond donors (Lipinski definition) is 1. The van der Waals surface area contributed by atoms with Crippen molar-refractivity contribution in [2.24, 2.45) is 5.92 Å². The number of rotatable bonds is 3. The minimum absolute atomic E-state index is 0.212. The first-order valence-electron chi connectivity index (χ1n) is 6.66. The third-order valence-corrected chi connectivity index (χ3v) is 5.70. The molecule has 0 radical (unpaired) electrons. The Labute approximate surface area is 115 Å². The molecule has 1 heterocycles. The monoisotopic (exact) mass is 283 g/mol. The molecule has 1 aliphatic rings. The summed E-state index contributed by atoms with van der Waals surface area (Å²) < 4.78 is 26.5. The lowest BCUT2D eigenvalue weighted by Crippen LogP contribution is -2.40. The first-order valence-corrected chi connectivity index (χ1v) is 8.10. The van der Waals surface area contributed by atoms with Crippen LogP contribution in [0.25, 0.3) is 0 Å². The van der Waals surface area contributed by atoms with Crippen molar-refractivity contribution < 1.29 is 13.5 Å². The Bertz CT molecular complexity index is 531. The zero-order valence-electron chi connectivity index (χ0n) is 11.4. The van der Waals surface area contributed by atoms with Gasteiger partial charge in [-0.1, -0.05) is 12.1 Å². The molecule has 1 unspecified atom stereocenters. The average Bonchev–Trinajstić information content (AvgIpc) is 2.39. The van der Waals surface area contributed by atoms with E-state index in [1.54, 1.807) is 25.1 Å². The fourth-order valence-corrected chi connectivity index (χ4v) is 4.10. The molecular formula is C14H21NO3S. The summed E-state index contributed by atoms with van der Waals surface area (Å²) in [5.41, 5.74) is 0.944. The normalized spacial score (nSPS) is 20.4. The maximum atomic E-state index is 12.5. The van der Waals surface area contributed by atoms with Gasteiger partial charge in [-0.15, -0.1) is 0 Å². The summed E-state index contributed by atoms with van der Waals surface area (Å²) in [6, 6.07) is 7.00. The zero-order chi connectivity index (χ0) is 14.0. The van der Waals surface area contributed by atoms with Gasteiger partial charge in [-0.3, -0.25) is 0 Å². The van der Waals surface area contributed by atoms with Gasteiger partial charge >= 0.3 is 0 Å². The number of nitrogens with zero attached hydrogens (tertiary/aromatic N) is 1. The van der Waals surface area contributed by atoms with Gasteiger partial charge in [-0.25, -0.2) is 8.42 Å². The van der Waals surface area contributed by atoms with E-state index in [-0.39, 0.29) is 12.0 Å². The first-order chi connectivity index (χ1) is 8.91. The van der Waals surface area contributed by atoms with Gasteiger partial charge in [0.25, 0.3) is 0 Å². The molecule has 2 rings (SSSR count). The Balaban J connectivity index is 2.14. The van der Waals surface area contributed by atoms with E-state index in [9.17, 15) is 13.5 Å². The van der Waals surface area contributed by atoms with E-state index < -0.39 is 10.0 Å². The molecule has 0 bridgehead atoms. The quantitative estimate of drug-likeness (QED) is 0.920. The highest BCUT2D eigenvalue weighted by atomic mass is 32.2. The Morgan fingerprint density at radius 3 is 2.47 bits per heavy atom. The predicted octanol–water partition coefficient (Wildman–Crippen LogP) is 1.78. The molecule has 19 heavy (non-hydrogen) atoms. The van der Waals surface area contributed by atoms with Crippen LogP contribution in [0, 0.1) is 12.8 Å². The minimum atomic E-state index is -3.38. The van der Waals surface area contributed by atoms with E-state index in [0.29, 0.717) is 18.0 Å². The van der Waals surface area contributed by atoms with Crippen LogP contribution in [0.15, 0.2) is 29.2 Å². The molecule has 4 nitrogen and oxygen atoms in total. The van der Waals surface area contributed by atoms with Crippen molar-refractivity contribution in [1.29, 1.82) is 0 Å². The summed E-state index contributed by atoms with van der Waals surface area (Å²) in [7, 11) is -3.38. The lowest BCUT2D eigenvalue weighted by molar-refractivity contribution is 0.0912. The molecule has 5 heteroatoms. The molecule has 1 atom stereocenters. The summed E-state index contributed by atoms with van der Waals surface area (Å²) in [6.45, 7) is 4.64. The van der Waals surface area contributed by atoms with Crippen LogP contribution in [-0.2, 0) is 10.0 Å². The highest BCUT2D eigenvalue weighted by Crippen LogP contribution is 2.25. The number of sulfonamides is 1. The molecule has 0 aromatic heterocycles. The third-order valence-electron chi connectivity index (χ3n) is 3.81. The van der Waals surface area contributed by atoms with Gasteiger partial charge in [0.15, 0.2) is 0 Å². The SMILES string of the molecule is Cc1cccc(S(=O)(=O)N2CCC(C(C)O)CC2)c1. The topological polar surface area (TPSA) is 57.6 Å². The fourth-order valence-electron chi connectivity index (χ4n) is 2.52. The van der Waals surface area contributed by atoms with Gasteiger partial charge in [0, 0.05) is 13.1 Å². The second-order valence-electron chi connectivity index (χ2n) is 5.30. The van der Waals surface area contributed by atoms with Gasteiger partial charge in [-0.2, -0.15) is 4.31 Å². The molecule has 1 aliphatic heterocycles. The van der Waals surface area contributed by atoms with Crippen LogP contribution in [0.4, 0.5) is 0 Å². The number of benzene rings is 1. The number of aliphatic hydroxyl groups excluding tert-OH is 1. The van der Waals surface area contributed by atoms with E-state index in [1.807, 2.05) is 13.0 Å². The van der Waals surface area contributed by atoms with Gasteiger partial charge in [0.2, 0.25) is 10.0 Å². The maximum absolute atomic E-state index is 12.5. The molecule has 1 aromatic carbocycles. The fraction of sp³-hybridized carbons (Fsp3) is 0.571. The predicted molar refractivity (Wildman–Crippen MR) is 74.3 cm³/mol. The molecule has 0 aliphatic carbocycles. The molecule has 0 amide bonds. The minimum Gasteiger partial charge on any atom is -0.393 e. The Kier molecular flexibility index (Phi) is 4.28. The Morgan fingerprint density at radius 1 is 1.32 bits per heavy atom.